The van der Waals surface area contributed by atoms with Crippen LogP contribution in [0.15, 0.2) is 47.6 Å². The van der Waals surface area contributed by atoms with Crippen molar-refractivity contribution in [3.63, 3.8) is 0 Å². The molecule has 1 amide bonds. The summed E-state index contributed by atoms with van der Waals surface area (Å²) < 4.78 is 7.61. The van der Waals surface area contributed by atoms with E-state index in [-0.39, 0.29) is 24.1 Å². The lowest BCUT2D eigenvalue weighted by Gasteiger charge is -2.10. The summed E-state index contributed by atoms with van der Waals surface area (Å²) in [5, 5.41) is 12.7. The Labute approximate surface area is 194 Å². The number of nitrogens with zero attached hydrogens (tertiary/aromatic N) is 3. The van der Waals surface area contributed by atoms with Gasteiger partial charge in [0.2, 0.25) is 5.91 Å². The number of thioether (sulfide) groups is 1. The van der Waals surface area contributed by atoms with E-state index < -0.39 is 0 Å². The van der Waals surface area contributed by atoms with Crippen molar-refractivity contribution in [2.75, 3.05) is 11.1 Å². The summed E-state index contributed by atoms with van der Waals surface area (Å²) in [5.74, 6) is 1.03. The average Bonchev–Trinajstić information content (AvgIpc) is 3.15. The van der Waals surface area contributed by atoms with Crippen LogP contribution in [0.1, 0.15) is 30.0 Å². The van der Waals surface area contributed by atoms with E-state index in [2.05, 4.69) is 15.5 Å². The fourth-order valence-electron chi connectivity index (χ4n) is 2.70. The highest BCUT2D eigenvalue weighted by molar-refractivity contribution is 7.99. The Hall–Kier alpha value is -2.55. The molecule has 0 fully saturated rings. The van der Waals surface area contributed by atoms with Crippen molar-refractivity contribution < 1.29 is 14.3 Å². The lowest BCUT2D eigenvalue weighted by atomic mass is 10.1. The number of halogens is 2. The third-order valence-corrected chi connectivity index (χ3v) is 5.78. The van der Waals surface area contributed by atoms with Crippen LogP contribution in [0.4, 0.5) is 5.69 Å². The molecular formula is C21H20Cl2N4O3S. The first kappa shape index (κ1) is 23.1. The van der Waals surface area contributed by atoms with Crippen molar-refractivity contribution in [2.24, 2.45) is 0 Å². The van der Waals surface area contributed by atoms with E-state index >= 15 is 0 Å². The largest absolute Gasteiger partial charge is 0.484 e. The fourth-order valence-corrected chi connectivity index (χ4v) is 3.85. The monoisotopic (exact) mass is 478 g/mol. The molecule has 0 saturated carbocycles. The van der Waals surface area contributed by atoms with E-state index in [0.717, 1.165) is 0 Å². The number of aromatic nitrogens is 3. The van der Waals surface area contributed by atoms with Gasteiger partial charge in [-0.3, -0.25) is 9.59 Å². The second-order valence-electron chi connectivity index (χ2n) is 6.48. The Balaban J connectivity index is 1.58. The van der Waals surface area contributed by atoms with Gasteiger partial charge in [-0.2, -0.15) is 0 Å². The molecule has 0 atom stereocenters. The summed E-state index contributed by atoms with van der Waals surface area (Å²) in [6, 6.07) is 11.7. The van der Waals surface area contributed by atoms with Crippen molar-refractivity contribution in [3.8, 4) is 5.75 Å². The molecule has 3 rings (SSSR count). The lowest BCUT2D eigenvalue weighted by molar-refractivity contribution is -0.113. The zero-order valence-electron chi connectivity index (χ0n) is 16.9. The highest BCUT2D eigenvalue weighted by Gasteiger charge is 2.15. The van der Waals surface area contributed by atoms with Crippen LogP contribution in [0.3, 0.4) is 0 Å². The number of anilines is 1. The van der Waals surface area contributed by atoms with Crippen molar-refractivity contribution >= 4 is 52.3 Å². The molecule has 10 heteroatoms. The zero-order valence-corrected chi connectivity index (χ0v) is 19.2. The van der Waals surface area contributed by atoms with Gasteiger partial charge < -0.3 is 14.6 Å². The van der Waals surface area contributed by atoms with Crippen LogP contribution in [0, 0.1) is 0 Å². The average molecular weight is 479 g/mol. The molecule has 1 aromatic heterocycles. The molecule has 0 aliphatic carbocycles. The Bertz CT molecular complexity index is 1090. The van der Waals surface area contributed by atoms with Crippen LogP contribution in [-0.2, 0) is 17.9 Å². The number of hydrogen-bond donors (Lipinski definition) is 1. The predicted molar refractivity (Wildman–Crippen MR) is 122 cm³/mol. The van der Waals surface area contributed by atoms with Gasteiger partial charge in [0.05, 0.1) is 10.8 Å². The molecular weight excluding hydrogens is 459 g/mol. The Morgan fingerprint density at radius 3 is 2.55 bits per heavy atom. The van der Waals surface area contributed by atoms with E-state index in [9.17, 15) is 9.59 Å². The topological polar surface area (TPSA) is 86.1 Å². The number of carbonyl (C=O) groups is 2. The maximum Gasteiger partial charge on any atom is 0.234 e. The highest BCUT2D eigenvalue weighted by atomic mass is 35.5. The number of hydrogen-bond acceptors (Lipinski definition) is 6. The fraction of sp³-hybridized carbons (Fsp3) is 0.238. The Morgan fingerprint density at radius 1 is 1.13 bits per heavy atom. The first-order valence-corrected chi connectivity index (χ1v) is 11.1. The molecule has 0 radical (unpaired) electrons. The van der Waals surface area contributed by atoms with E-state index in [0.29, 0.717) is 44.6 Å². The molecule has 2 aromatic carbocycles. The van der Waals surface area contributed by atoms with Gasteiger partial charge >= 0.3 is 0 Å². The Morgan fingerprint density at radius 2 is 1.87 bits per heavy atom. The molecule has 7 nitrogen and oxygen atoms in total. The minimum atomic E-state index is -0.185. The number of carbonyl (C=O) groups excluding carboxylic acids is 2. The molecule has 31 heavy (non-hydrogen) atoms. The van der Waals surface area contributed by atoms with Crippen molar-refractivity contribution in [1.82, 2.24) is 14.8 Å². The number of ketones is 1. The third-order valence-electron chi connectivity index (χ3n) is 4.27. The van der Waals surface area contributed by atoms with E-state index in [1.54, 1.807) is 42.5 Å². The molecule has 1 N–H and O–H groups in total. The number of nitrogens with one attached hydrogen (secondary N) is 1. The van der Waals surface area contributed by atoms with Crippen LogP contribution in [0.2, 0.25) is 10.0 Å². The van der Waals surface area contributed by atoms with Gasteiger partial charge in [0, 0.05) is 28.9 Å². The van der Waals surface area contributed by atoms with Crippen LogP contribution in [0.5, 0.6) is 5.75 Å². The van der Waals surface area contributed by atoms with Gasteiger partial charge in [-0.15, -0.1) is 10.2 Å². The van der Waals surface area contributed by atoms with Crippen LogP contribution < -0.4 is 10.1 Å². The number of ether oxygens (including phenoxy) is 1. The second-order valence-corrected chi connectivity index (χ2v) is 8.26. The number of benzene rings is 2. The maximum atomic E-state index is 12.3. The first-order valence-electron chi connectivity index (χ1n) is 9.41. The molecule has 3 aromatic rings. The summed E-state index contributed by atoms with van der Waals surface area (Å²) in [5.41, 5.74) is 1.22. The minimum Gasteiger partial charge on any atom is -0.484 e. The van der Waals surface area contributed by atoms with Gasteiger partial charge in [-0.25, -0.2) is 0 Å². The highest BCUT2D eigenvalue weighted by Crippen LogP contribution is 2.28. The number of Topliss-reactive ketones (excluding diaryl/α,β-unsaturated/α-hetero) is 1. The summed E-state index contributed by atoms with van der Waals surface area (Å²) in [7, 11) is 0. The molecule has 0 unspecified atom stereocenters. The normalized spacial score (nSPS) is 10.7. The zero-order chi connectivity index (χ0) is 22.4. The van der Waals surface area contributed by atoms with Crippen LogP contribution in [-0.4, -0.2) is 32.2 Å². The lowest BCUT2D eigenvalue weighted by Crippen LogP contribution is -2.15. The number of amides is 1. The SMILES string of the molecule is CCn1c(COc2cc(Cl)ccc2Cl)nnc1SCC(=O)Nc1ccc(C(C)=O)cc1. The molecule has 0 aliphatic rings. The number of rotatable bonds is 9. The Kier molecular flexibility index (Phi) is 7.95. The van der Waals surface area contributed by atoms with Crippen molar-refractivity contribution in [2.45, 2.75) is 32.2 Å². The molecule has 0 bridgehead atoms. The standard InChI is InChI=1S/C21H20Cl2N4O3S/c1-3-27-19(11-30-18-10-15(22)6-9-17(18)23)25-26-21(27)31-12-20(29)24-16-7-4-14(5-8-16)13(2)28/h4-10H,3,11-12H2,1-2H3,(H,24,29). The molecule has 0 spiro atoms. The summed E-state index contributed by atoms with van der Waals surface area (Å²) in [4.78, 5) is 23.6. The minimum absolute atomic E-state index is 0.0234. The second kappa shape index (κ2) is 10.7. The molecule has 0 aliphatic heterocycles. The third kappa shape index (κ3) is 6.22. The van der Waals surface area contributed by atoms with Crippen LogP contribution in [0.25, 0.3) is 0 Å². The first-order chi connectivity index (χ1) is 14.9. The van der Waals surface area contributed by atoms with E-state index in [1.165, 1.54) is 18.7 Å². The van der Waals surface area contributed by atoms with Crippen molar-refractivity contribution in [1.29, 1.82) is 0 Å². The summed E-state index contributed by atoms with van der Waals surface area (Å²) in [6.07, 6.45) is 0. The smallest absolute Gasteiger partial charge is 0.234 e. The predicted octanol–water partition coefficient (Wildman–Crippen LogP) is 5.12. The van der Waals surface area contributed by atoms with Gasteiger partial charge in [-0.1, -0.05) is 35.0 Å². The van der Waals surface area contributed by atoms with E-state index in [1.807, 2.05) is 11.5 Å². The summed E-state index contributed by atoms with van der Waals surface area (Å²) in [6.45, 7) is 4.23. The maximum absolute atomic E-state index is 12.3. The van der Waals surface area contributed by atoms with Gasteiger partial charge in [-0.05, 0) is 50.2 Å². The summed E-state index contributed by atoms with van der Waals surface area (Å²) >= 11 is 13.4. The molecule has 1 heterocycles. The van der Waals surface area contributed by atoms with Gasteiger partial charge in [0.25, 0.3) is 0 Å². The quantitative estimate of drug-likeness (QED) is 0.339. The van der Waals surface area contributed by atoms with Crippen LogP contribution >= 0.6 is 35.0 Å². The van der Waals surface area contributed by atoms with Gasteiger partial charge in [0.1, 0.15) is 12.4 Å². The van der Waals surface area contributed by atoms with E-state index in [4.69, 9.17) is 27.9 Å². The molecule has 0 saturated heterocycles. The molecule has 162 valence electrons. The van der Waals surface area contributed by atoms with Crippen molar-refractivity contribution in [3.05, 3.63) is 63.9 Å². The van der Waals surface area contributed by atoms with Gasteiger partial charge in [0.15, 0.2) is 16.8 Å².